The van der Waals surface area contributed by atoms with E-state index in [4.69, 9.17) is 0 Å². The second-order valence-electron chi connectivity index (χ2n) is 5.15. The summed E-state index contributed by atoms with van der Waals surface area (Å²) >= 11 is 0. The maximum Gasteiger partial charge on any atom is 0.211 e. The molecular formula is C12H20N4O2S. The maximum absolute atomic E-state index is 11.8. The van der Waals surface area contributed by atoms with Gasteiger partial charge < -0.3 is 4.90 Å². The van der Waals surface area contributed by atoms with Crippen LogP contribution in [0.15, 0.2) is 6.07 Å². The number of rotatable bonds is 3. The summed E-state index contributed by atoms with van der Waals surface area (Å²) in [7, 11) is 0.616. The first-order valence-corrected chi connectivity index (χ1v) is 8.13. The van der Waals surface area contributed by atoms with Gasteiger partial charge >= 0.3 is 0 Å². The Labute approximate surface area is 114 Å². The molecule has 1 aliphatic rings. The summed E-state index contributed by atoms with van der Waals surface area (Å²) in [5, 5.41) is 0. The van der Waals surface area contributed by atoms with E-state index in [-0.39, 0.29) is 6.04 Å². The minimum absolute atomic E-state index is 0.228. The topological polar surface area (TPSA) is 66.4 Å². The zero-order valence-electron chi connectivity index (χ0n) is 11.8. The average Bonchev–Trinajstić information content (AvgIpc) is 2.76. The minimum atomic E-state index is -3.21. The molecule has 106 valence electrons. The van der Waals surface area contributed by atoms with Gasteiger partial charge in [-0.3, -0.25) is 0 Å². The highest BCUT2D eigenvalue weighted by Gasteiger charge is 2.34. The van der Waals surface area contributed by atoms with Crippen molar-refractivity contribution < 1.29 is 8.42 Å². The van der Waals surface area contributed by atoms with Crippen LogP contribution in [-0.4, -0.2) is 49.6 Å². The van der Waals surface area contributed by atoms with Gasteiger partial charge in [-0.1, -0.05) is 0 Å². The fourth-order valence-electron chi connectivity index (χ4n) is 2.35. The van der Waals surface area contributed by atoms with Crippen molar-refractivity contribution in [1.82, 2.24) is 14.3 Å². The SMILES string of the molecule is Cc1cc(N(C)C)nc(C2CCCN2S(C)(=O)=O)n1. The van der Waals surface area contributed by atoms with Crippen LogP contribution in [0.4, 0.5) is 5.82 Å². The Morgan fingerprint density at radius 2 is 2.05 bits per heavy atom. The summed E-state index contributed by atoms with van der Waals surface area (Å²) in [6.45, 7) is 2.45. The molecule has 1 fully saturated rings. The zero-order valence-corrected chi connectivity index (χ0v) is 12.6. The number of aryl methyl sites for hydroxylation is 1. The van der Waals surface area contributed by atoms with E-state index in [0.717, 1.165) is 24.4 Å². The number of aromatic nitrogens is 2. The van der Waals surface area contributed by atoms with E-state index in [1.807, 2.05) is 32.0 Å². The molecule has 1 aromatic heterocycles. The minimum Gasteiger partial charge on any atom is -0.363 e. The lowest BCUT2D eigenvalue weighted by Crippen LogP contribution is -2.30. The van der Waals surface area contributed by atoms with Crippen molar-refractivity contribution in [3.8, 4) is 0 Å². The molecule has 1 aliphatic heterocycles. The molecule has 2 rings (SSSR count). The molecule has 0 saturated carbocycles. The first-order valence-electron chi connectivity index (χ1n) is 6.29. The van der Waals surface area contributed by atoms with E-state index in [1.54, 1.807) is 0 Å². The van der Waals surface area contributed by atoms with Crippen LogP contribution < -0.4 is 4.90 Å². The predicted octanol–water partition coefficient (Wildman–Crippen LogP) is 0.948. The van der Waals surface area contributed by atoms with E-state index in [1.165, 1.54) is 10.6 Å². The first kappa shape index (κ1) is 14.2. The molecule has 0 amide bonds. The number of hydrogen-bond donors (Lipinski definition) is 0. The Hall–Kier alpha value is -1.21. The molecule has 0 radical (unpaired) electrons. The van der Waals surface area contributed by atoms with Gasteiger partial charge in [-0.05, 0) is 19.8 Å². The fraction of sp³-hybridized carbons (Fsp3) is 0.667. The summed E-state index contributed by atoms with van der Waals surface area (Å²) < 4.78 is 25.1. The Kier molecular flexibility index (Phi) is 3.78. The highest BCUT2D eigenvalue weighted by Crippen LogP contribution is 2.32. The van der Waals surface area contributed by atoms with Crippen LogP contribution in [0, 0.1) is 6.92 Å². The molecule has 1 saturated heterocycles. The molecular weight excluding hydrogens is 264 g/mol. The monoisotopic (exact) mass is 284 g/mol. The molecule has 0 aliphatic carbocycles. The number of hydrogen-bond acceptors (Lipinski definition) is 5. The Morgan fingerprint density at radius 3 is 2.63 bits per heavy atom. The van der Waals surface area contributed by atoms with E-state index < -0.39 is 10.0 Å². The molecule has 19 heavy (non-hydrogen) atoms. The van der Waals surface area contributed by atoms with Gasteiger partial charge in [0, 0.05) is 32.4 Å². The predicted molar refractivity (Wildman–Crippen MR) is 74.6 cm³/mol. The van der Waals surface area contributed by atoms with Crippen molar-refractivity contribution in [2.24, 2.45) is 0 Å². The second-order valence-corrected chi connectivity index (χ2v) is 7.09. The summed E-state index contributed by atoms with van der Waals surface area (Å²) in [5.74, 6) is 1.41. The van der Waals surface area contributed by atoms with E-state index in [2.05, 4.69) is 9.97 Å². The smallest absolute Gasteiger partial charge is 0.211 e. The molecule has 0 N–H and O–H groups in total. The fourth-order valence-corrected chi connectivity index (χ4v) is 3.47. The zero-order chi connectivity index (χ0) is 14.2. The molecule has 0 spiro atoms. The van der Waals surface area contributed by atoms with Gasteiger partial charge in [-0.25, -0.2) is 18.4 Å². The van der Waals surface area contributed by atoms with Gasteiger partial charge in [0.2, 0.25) is 10.0 Å². The molecule has 1 aromatic rings. The average molecular weight is 284 g/mol. The lowest BCUT2D eigenvalue weighted by Gasteiger charge is -2.22. The van der Waals surface area contributed by atoms with Crippen LogP contribution in [-0.2, 0) is 10.0 Å². The van der Waals surface area contributed by atoms with Gasteiger partial charge in [0.1, 0.15) is 11.6 Å². The highest BCUT2D eigenvalue weighted by atomic mass is 32.2. The Morgan fingerprint density at radius 1 is 1.37 bits per heavy atom. The molecule has 0 aromatic carbocycles. The number of nitrogens with zero attached hydrogens (tertiary/aromatic N) is 4. The second kappa shape index (κ2) is 5.05. The number of sulfonamides is 1. The van der Waals surface area contributed by atoms with Crippen LogP contribution in [0.25, 0.3) is 0 Å². The largest absolute Gasteiger partial charge is 0.363 e. The van der Waals surface area contributed by atoms with Crippen molar-refractivity contribution >= 4 is 15.8 Å². The van der Waals surface area contributed by atoms with Crippen molar-refractivity contribution in [2.75, 3.05) is 31.8 Å². The van der Waals surface area contributed by atoms with Crippen LogP contribution >= 0.6 is 0 Å². The van der Waals surface area contributed by atoms with Crippen molar-refractivity contribution in [3.63, 3.8) is 0 Å². The van der Waals surface area contributed by atoms with Gasteiger partial charge in [-0.2, -0.15) is 4.31 Å². The quantitative estimate of drug-likeness (QED) is 0.826. The van der Waals surface area contributed by atoms with Crippen molar-refractivity contribution in [1.29, 1.82) is 0 Å². The third-order valence-electron chi connectivity index (χ3n) is 3.24. The molecule has 0 bridgehead atoms. The third-order valence-corrected chi connectivity index (χ3v) is 4.53. The van der Waals surface area contributed by atoms with Gasteiger partial charge in [-0.15, -0.1) is 0 Å². The lowest BCUT2D eigenvalue weighted by atomic mass is 10.2. The van der Waals surface area contributed by atoms with Crippen LogP contribution in [0.5, 0.6) is 0 Å². The van der Waals surface area contributed by atoms with Crippen LogP contribution in [0.1, 0.15) is 30.4 Å². The molecule has 1 atom stereocenters. The van der Waals surface area contributed by atoms with Gasteiger partial charge in [0.05, 0.1) is 12.3 Å². The van der Waals surface area contributed by atoms with E-state index in [0.29, 0.717) is 12.4 Å². The van der Waals surface area contributed by atoms with Gasteiger partial charge in [0.25, 0.3) is 0 Å². The Balaban J connectivity index is 2.41. The molecule has 7 heteroatoms. The van der Waals surface area contributed by atoms with Crippen LogP contribution in [0.3, 0.4) is 0 Å². The van der Waals surface area contributed by atoms with Crippen molar-refractivity contribution in [3.05, 3.63) is 17.6 Å². The standard InChI is InChI=1S/C12H20N4O2S/c1-9-8-11(15(2)3)14-12(13-9)10-6-5-7-16(10)19(4,17)18/h8,10H,5-7H2,1-4H3. The summed E-state index contributed by atoms with van der Waals surface area (Å²) in [6, 6.07) is 1.66. The molecule has 2 heterocycles. The molecule has 1 unspecified atom stereocenters. The summed E-state index contributed by atoms with van der Waals surface area (Å²) in [6.07, 6.45) is 2.88. The van der Waals surface area contributed by atoms with E-state index in [9.17, 15) is 8.42 Å². The number of anilines is 1. The third kappa shape index (κ3) is 3.03. The lowest BCUT2D eigenvalue weighted by molar-refractivity contribution is 0.386. The first-order chi connectivity index (χ1) is 8.79. The molecule has 6 nitrogen and oxygen atoms in total. The Bertz CT molecular complexity index is 571. The van der Waals surface area contributed by atoms with Crippen molar-refractivity contribution in [2.45, 2.75) is 25.8 Å². The maximum atomic E-state index is 11.8. The summed E-state index contributed by atoms with van der Waals surface area (Å²) in [5.41, 5.74) is 0.856. The summed E-state index contributed by atoms with van der Waals surface area (Å²) in [4.78, 5) is 10.8. The van der Waals surface area contributed by atoms with E-state index >= 15 is 0 Å². The van der Waals surface area contributed by atoms with Crippen LogP contribution in [0.2, 0.25) is 0 Å². The normalized spacial score (nSPS) is 20.7. The highest BCUT2D eigenvalue weighted by molar-refractivity contribution is 7.88. The van der Waals surface area contributed by atoms with Gasteiger partial charge in [0.15, 0.2) is 0 Å².